The lowest BCUT2D eigenvalue weighted by Crippen LogP contribution is -2.42. The van der Waals surface area contributed by atoms with E-state index < -0.39 is 12.1 Å². The average Bonchev–Trinajstić information content (AvgIpc) is 3.07. The summed E-state index contributed by atoms with van der Waals surface area (Å²) < 4.78 is 33.0. The number of alkyl halides is 3. The van der Waals surface area contributed by atoms with Crippen LogP contribution in [0.25, 0.3) is 5.69 Å². The predicted octanol–water partition coefficient (Wildman–Crippen LogP) is 3.35. The molecule has 1 aliphatic heterocycles. The predicted molar refractivity (Wildman–Crippen MR) is 130 cm³/mol. The van der Waals surface area contributed by atoms with Gasteiger partial charge in [0.25, 0.3) is 0 Å². The number of rotatable bonds is 6. The zero-order chi connectivity index (χ0) is 27.0. The number of carboxylic acid groups (broad SMARTS) is 1. The number of halogens is 4. The van der Waals surface area contributed by atoms with E-state index in [1.807, 2.05) is 24.3 Å². The summed E-state index contributed by atoms with van der Waals surface area (Å²) in [6.45, 7) is 1.37. The zero-order valence-electron chi connectivity index (χ0n) is 19.3. The van der Waals surface area contributed by atoms with Gasteiger partial charge in [-0.25, -0.2) is 9.59 Å². The number of hydrogen-bond donors (Lipinski definition) is 5. The molecule has 37 heavy (non-hydrogen) atoms. The molecule has 1 aliphatic rings. The Morgan fingerprint density at radius 3 is 2.51 bits per heavy atom. The maximum absolute atomic E-state index is 12.2. The van der Waals surface area contributed by atoms with Gasteiger partial charge in [0.1, 0.15) is 0 Å². The molecular formula is C23H24ClF3N6O4. The number of amides is 1. The fourth-order valence-electron chi connectivity index (χ4n) is 3.38. The normalized spacial score (nSPS) is 15.7. The highest BCUT2D eigenvalue weighted by atomic mass is 35.5. The topological polar surface area (TPSA) is 141 Å². The molecule has 10 nitrogen and oxygen atoms in total. The molecule has 2 heterocycles. The van der Waals surface area contributed by atoms with E-state index in [0.29, 0.717) is 23.2 Å². The van der Waals surface area contributed by atoms with Gasteiger partial charge >= 0.3 is 17.8 Å². The lowest BCUT2D eigenvalue weighted by molar-refractivity contribution is -0.192. The van der Waals surface area contributed by atoms with Gasteiger partial charge in [0.2, 0.25) is 11.9 Å². The quantitative estimate of drug-likeness (QED) is 0.323. The molecular weight excluding hydrogens is 517 g/mol. The average molecular weight is 541 g/mol. The number of aromatic nitrogens is 3. The second kappa shape index (κ2) is 12.4. The summed E-state index contributed by atoms with van der Waals surface area (Å²) in [6, 6.07) is 14.5. The van der Waals surface area contributed by atoms with Gasteiger partial charge in [-0.1, -0.05) is 29.8 Å². The molecule has 1 atom stereocenters. The summed E-state index contributed by atoms with van der Waals surface area (Å²) in [4.78, 5) is 35.8. The Morgan fingerprint density at radius 1 is 1.16 bits per heavy atom. The van der Waals surface area contributed by atoms with Crippen molar-refractivity contribution in [3.05, 3.63) is 69.6 Å². The van der Waals surface area contributed by atoms with Crippen molar-refractivity contribution in [3.8, 4) is 5.69 Å². The van der Waals surface area contributed by atoms with E-state index in [-0.39, 0.29) is 17.6 Å². The number of carboxylic acids is 1. The Kier molecular flexibility index (Phi) is 9.31. The number of nitrogens with one attached hydrogen (secondary N) is 4. The minimum atomic E-state index is -5.08. The second-order valence-corrected chi connectivity index (χ2v) is 8.45. The van der Waals surface area contributed by atoms with Crippen LogP contribution in [0.15, 0.2) is 53.3 Å². The third-order valence-corrected chi connectivity index (χ3v) is 5.45. The standard InChI is InChI=1S/C21H23ClN6O2.C2HF3O2/c22-15-4-3-5-17(12-15)28-21(30)26-20(27-28)25-16-9-7-14(8-10-16)13-24-18-6-1-2-11-23-19(18)29;3-2(4,5)1(6)7/h3-5,7-10,12,18,24H,1-2,6,11,13H2,(H,23,29)(H2,25,26,27,30);(H,6,7). The first-order valence-corrected chi connectivity index (χ1v) is 11.5. The number of anilines is 2. The molecule has 1 fully saturated rings. The molecule has 0 bridgehead atoms. The molecule has 0 aliphatic carbocycles. The smallest absolute Gasteiger partial charge is 0.475 e. The number of hydrogen-bond acceptors (Lipinski definition) is 6. The number of aliphatic carboxylic acids is 1. The van der Waals surface area contributed by atoms with Gasteiger partial charge in [0, 0.05) is 23.8 Å². The van der Waals surface area contributed by atoms with E-state index in [4.69, 9.17) is 21.5 Å². The van der Waals surface area contributed by atoms with Gasteiger partial charge < -0.3 is 21.1 Å². The van der Waals surface area contributed by atoms with Crippen LogP contribution in [0.5, 0.6) is 0 Å². The van der Waals surface area contributed by atoms with E-state index in [2.05, 4.69) is 26.0 Å². The van der Waals surface area contributed by atoms with Gasteiger partial charge in [0.15, 0.2) is 0 Å². The molecule has 1 saturated heterocycles. The number of nitrogens with zero attached hydrogens (tertiary/aromatic N) is 2. The molecule has 2 aromatic carbocycles. The summed E-state index contributed by atoms with van der Waals surface area (Å²) in [5, 5.41) is 21.3. The number of carbonyl (C=O) groups excluding carboxylic acids is 1. The van der Waals surface area contributed by atoms with Crippen LogP contribution in [0.1, 0.15) is 24.8 Å². The molecule has 0 saturated carbocycles. The van der Waals surface area contributed by atoms with Crippen molar-refractivity contribution in [3.63, 3.8) is 0 Å². The highest BCUT2D eigenvalue weighted by molar-refractivity contribution is 6.30. The molecule has 5 N–H and O–H groups in total. The van der Waals surface area contributed by atoms with Crippen LogP contribution in [0.3, 0.4) is 0 Å². The summed E-state index contributed by atoms with van der Waals surface area (Å²) in [6.07, 6.45) is -2.16. The van der Waals surface area contributed by atoms with Crippen molar-refractivity contribution < 1.29 is 27.9 Å². The third-order valence-electron chi connectivity index (χ3n) is 5.22. The Labute approximate surface area is 213 Å². The fourth-order valence-corrected chi connectivity index (χ4v) is 3.57. The van der Waals surface area contributed by atoms with Crippen LogP contribution in [0.2, 0.25) is 5.02 Å². The summed E-state index contributed by atoms with van der Waals surface area (Å²) in [7, 11) is 0. The number of benzene rings is 2. The monoisotopic (exact) mass is 540 g/mol. The molecule has 0 radical (unpaired) electrons. The molecule has 14 heteroatoms. The molecule has 198 valence electrons. The van der Waals surface area contributed by atoms with Crippen molar-refractivity contribution in [2.24, 2.45) is 0 Å². The maximum Gasteiger partial charge on any atom is 0.490 e. The first kappa shape index (κ1) is 27.7. The number of aromatic amines is 1. The lowest BCUT2D eigenvalue weighted by Gasteiger charge is -2.15. The molecule has 1 aromatic heterocycles. The van der Waals surface area contributed by atoms with Crippen molar-refractivity contribution in [1.82, 2.24) is 25.4 Å². The van der Waals surface area contributed by atoms with E-state index in [1.54, 1.807) is 24.3 Å². The highest BCUT2D eigenvalue weighted by Crippen LogP contribution is 2.16. The van der Waals surface area contributed by atoms with Crippen LogP contribution in [0, 0.1) is 0 Å². The first-order valence-electron chi connectivity index (χ1n) is 11.2. The van der Waals surface area contributed by atoms with E-state index in [1.165, 1.54) is 4.68 Å². The second-order valence-electron chi connectivity index (χ2n) is 8.02. The number of carbonyl (C=O) groups is 2. The van der Waals surface area contributed by atoms with Crippen molar-refractivity contribution >= 4 is 35.1 Å². The van der Waals surface area contributed by atoms with Crippen LogP contribution in [0.4, 0.5) is 24.8 Å². The molecule has 1 unspecified atom stereocenters. The van der Waals surface area contributed by atoms with Crippen LogP contribution >= 0.6 is 11.6 Å². The van der Waals surface area contributed by atoms with E-state index >= 15 is 0 Å². The van der Waals surface area contributed by atoms with Gasteiger partial charge in [-0.2, -0.15) is 17.9 Å². The zero-order valence-corrected chi connectivity index (χ0v) is 20.1. The van der Waals surface area contributed by atoms with E-state index in [9.17, 15) is 22.8 Å². The van der Waals surface area contributed by atoms with Crippen molar-refractivity contribution in [2.75, 3.05) is 11.9 Å². The number of H-pyrrole nitrogens is 1. The SMILES string of the molecule is O=C(O)C(F)(F)F.O=C1NCCCCC1NCc1ccc(Nc2nn(-c3cccc(Cl)c3)c(=O)[nH]2)cc1. The Bertz CT molecular complexity index is 1280. The molecule has 0 spiro atoms. The fraction of sp³-hybridized carbons (Fsp3) is 0.304. The summed E-state index contributed by atoms with van der Waals surface area (Å²) >= 11 is 5.99. The van der Waals surface area contributed by atoms with Gasteiger partial charge in [-0.05, 0) is 55.2 Å². The van der Waals surface area contributed by atoms with Crippen molar-refractivity contribution in [1.29, 1.82) is 0 Å². The van der Waals surface area contributed by atoms with E-state index in [0.717, 1.165) is 37.1 Å². The molecule has 4 rings (SSSR count). The van der Waals surface area contributed by atoms with Crippen molar-refractivity contribution in [2.45, 2.75) is 38.0 Å². The summed E-state index contributed by atoms with van der Waals surface area (Å²) in [5.41, 5.74) is 2.08. The largest absolute Gasteiger partial charge is 0.490 e. The first-order chi connectivity index (χ1) is 17.5. The Balaban J connectivity index is 0.000000479. The lowest BCUT2D eigenvalue weighted by atomic mass is 10.1. The minimum Gasteiger partial charge on any atom is -0.475 e. The Morgan fingerprint density at radius 2 is 1.86 bits per heavy atom. The molecule has 1 amide bonds. The van der Waals surface area contributed by atoms with Gasteiger partial charge in [0.05, 0.1) is 11.7 Å². The van der Waals surface area contributed by atoms with Crippen LogP contribution in [-0.2, 0) is 16.1 Å². The third kappa shape index (κ3) is 8.36. The van der Waals surface area contributed by atoms with Crippen LogP contribution < -0.4 is 21.6 Å². The summed E-state index contributed by atoms with van der Waals surface area (Å²) in [5.74, 6) is -2.35. The minimum absolute atomic E-state index is 0.0741. The van der Waals surface area contributed by atoms with Gasteiger partial charge in [-0.15, -0.1) is 5.10 Å². The molecule has 3 aromatic rings. The maximum atomic E-state index is 12.2. The highest BCUT2D eigenvalue weighted by Gasteiger charge is 2.38. The Hall–Kier alpha value is -3.84. The van der Waals surface area contributed by atoms with Crippen LogP contribution in [-0.4, -0.2) is 50.5 Å². The van der Waals surface area contributed by atoms with Gasteiger partial charge in [-0.3, -0.25) is 9.78 Å².